The van der Waals surface area contributed by atoms with Gasteiger partial charge in [0.1, 0.15) is 0 Å². The normalized spacial score (nSPS) is 10.2. The van der Waals surface area contributed by atoms with Crippen LogP contribution in [0.1, 0.15) is 16.0 Å². The van der Waals surface area contributed by atoms with Crippen molar-refractivity contribution in [2.24, 2.45) is 0 Å². The van der Waals surface area contributed by atoms with Gasteiger partial charge < -0.3 is 0 Å². The second-order valence-electron chi connectivity index (χ2n) is 3.36. The fourth-order valence-corrected chi connectivity index (χ4v) is 2.31. The topological polar surface area (TPSA) is 0 Å². The lowest BCUT2D eigenvalue weighted by Gasteiger charge is -1.98. The van der Waals surface area contributed by atoms with Crippen LogP contribution >= 0.6 is 22.9 Å². The summed E-state index contributed by atoms with van der Waals surface area (Å²) in [5, 5.41) is 2.96. The SMILES string of the molecule is C=Cc1cc(Cc2ccc(Cl)cc2)cs1. The van der Waals surface area contributed by atoms with Gasteiger partial charge in [-0.15, -0.1) is 11.3 Å². The Hall–Kier alpha value is -1.05. The van der Waals surface area contributed by atoms with Gasteiger partial charge >= 0.3 is 0 Å². The van der Waals surface area contributed by atoms with Crippen LogP contribution in [0.4, 0.5) is 0 Å². The molecule has 1 aromatic carbocycles. The van der Waals surface area contributed by atoms with Crippen LogP contribution in [0.25, 0.3) is 6.08 Å². The third kappa shape index (κ3) is 2.71. The van der Waals surface area contributed by atoms with Crippen LogP contribution < -0.4 is 0 Å². The lowest BCUT2D eigenvalue weighted by molar-refractivity contribution is 1.21. The molecule has 2 heteroatoms. The third-order valence-corrected chi connectivity index (χ3v) is 3.43. The summed E-state index contributed by atoms with van der Waals surface area (Å²) in [6.07, 6.45) is 2.84. The Morgan fingerprint density at radius 3 is 2.53 bits per heavy atom. The molecule has 0 saturated heterocycles. The first-order valence-corrected chi connectivity index (χ1v) is 5.98. The Labute approximate surface area is 98.8 Å². The lowest BCUT2D eigenvalue weighted by atomic mass is 10.1. The Bertz CT molecular complexity index is 454. The summed E-state index contributed by atoms with van der Waals surface area (Å²) in [6, 6.07) is 10.2. The first kappa shape index (κ1) is 10.5. The van der Waals surface area contributed by atoms with E-state index in [4.69, 9.17) is 11.6 Å². The third-order valence-electron chi connectivity index (χ3n) is 2.20. The predicted molar refractivity (Wildman–Crippen MR) is 68.7 cm³/mol. The first-order chi connectivity index (χ1) is 7.28. The van der Waals surface area contributed by atoms with Gasteiger partial charge in [0.15, 0.2) is 0 Å². The zero-order chi connectivity index (χ0) is 10.7. The van der Waals surface area contributed by atoms with Crippen molar-refractivity contribution in [1.82, 2.24) is 0 Å². The van der Waals surface area contributed by atoms with Crippen LogP contribution in [0.5, 0.6) is 0 Å². The van der Waals surface area contributed by atoms with Crippen molar-refractivity contribution < 1.29 is 0 Å². The molecule has 0 aliphatic carbocycles. The van der Waals surface area contributed by atoms with Crippen molar-refractivity contribution in [3.05, 3.63) is 63.3 Å². The van der Waals surface area contributed by atoms with Gasteiger partial charge in [0.25, 0.3) is 0 Å². The van der Waals surface area contributed by atoms with E-state index in [0.717, 1.165) is 11.4 Å². The van der Waals surface area contributed by atoms with E-state index in [1.165, 1.54) is 16.0 Å². The summed E-state index contributed by atoms with van der Waals surface area (Å²) in [5.74, 6) is 0. The Kier molecular flexibility index (Phi) is 3.24. The number of rotatable bonds is 3. The molecule has 0 amide bonds. The van der Waals surface area contributed by atoms with Crippen LogP contribution in [0.2, 0.25) is 5.02 Å². The van der Waals surface area contributed by atoms with Gasteiger partial charge in [-0.05, 0) is 41.1 Å². The van der Waals surface area contributed by atoms with Crippen molar-refractivity contribution in [3.63, 3.8) is 0 Å². The summed E-state index contributed by atoms with van der Waals surface area (Å²) in [7, 11) is 0. The largest absolute Gasteiger partial charge is 0.144 e. The molecule has 1 heterocycles. The van der Waals surface area contributed by atoms with Crippen LogP contribution in [0.15, 0.2) is 42.3 Å². The Morgan fingerprint density at radius 2 is 1.93 bits per heavy atom. The predicted octanol–water partition coefficient (Wildman–Crippen LogP) is 4.64. The molecule has 1 aromatic heterocycles. The van der Waals surface area contributed by atoms with E-state index in [2.05, 4.69) is 30.2 Å². The summed E-state index contributed by atoms with van der Waals surface area (Å²) in [4.78, 5) is 1.22. The number of hydrogen-bond acceptors (Lipinski definition) is 1. The molecular formula is C13H11ClS. The molecule has 0 nitrogen and oxygen atoms in total. The smallest absolute Gasteiger partial charge is 0.0406 e. The lowest BCUT2D eigenvalue weighted by Crippen LogP contribution is -1.84. The fraction of sp³-hybridized carbons (Fsp3) is 0.0769. The van der Waals surface area contributed by atoms with Crippen molar-refractivity contribution in [2.45, 2.75) is 6.42 Å². The molecule has 2 aromatic rings. The maximum Gasteiger partial charge on any atom is 0.0406 e. The number of halogens is 1. The standard InChI is InChI=1S/C13H11ClS/c1-2-13-8-11(9-15-13)7-10-3-5-12(14)6-4-10/h2-6,8-9H,1,7H2. The molecule has 0 aliphatic heterocycles. The summed E-state index contributed by atoms with van der Waals surface area (Å²) >= 11 is 7.56. The number of thiophene rings is 1. The minimum Gasteiger partial charge on any atom is -0.144 e. The zero-order valence-corrected chi connectivity index (χ0v) is 9.81. The molecule has 0 atom stereocenters. The maximum atomic E-state index is 5.83. The van der Waals surface area contributed by atoms with E-state index in [1.54, 1.807) is 11.3 Å². The van der Waals surface area contributed by atoms with Crippen LogP contribution in [-0.2, 0) is 6.42 Å². The van der Waals surface area contributed by atoms with Crippen LogP contribution in [-0.4, -0.2) is 0 Å². The van der Waals surface area contributed by atoms with Crippen LogP contribution in [0.3, 0.4) is 0 Å². The molecule has 0 radical (unpaired) electrons. The second-order valence-corrected chi connectivity index (χ2v) is 4.74. The molecule has 0 fully saturated rings. The molecule has 0 aliphatic rings. The van der Waals surface area contributed by atoms with Gasteiger partial charge in [-0.2, -0.15) is 0 Å². The van der Waals surface area contributed by atoms with Gasteiger partial charge in [-0.3, -0.25) is 0 Å². The van der Waals surface area contributed by atoms with E-state index in [1.807, 2.05) is 18.2 Å². The molecule has 0 N–H and O–H groups in total. The minimum atomic E-state index is 0.788. The summed E-state index contributed by atoms with van der Waals surface area (Å²) in [5.41, 5.74) is 2.62. The number of benzene rings is 1. The fourth-order valence-electron chi connectivity index (χ4n) is 1.43. The molecule has 15 heavy (non-hydrogen) atoms. The molecule has 0 unspecified atom stereocenters. The Balaban J connectivity index is 2.14. The number of hydrogen-bond donors (Lipinski definition) is 0. The van der Waals surface area contributed by atoms with E-state index in [-0.39, 0.29) is 0 Å². The summed E-state index contributed by atoms with van der Waals surface area (Å²) in [6.45, 7) is 3.76. The van der Waals surface area contributed by atoms with Gasteiger partial charge in [-0.1, -0.05) is 36.4 Å². The highest BCUT2D eigenvalue weighted by Crippen LogP contribution is 2.19. The monoisotopic (exact) mass is 234 g/mol. The quantitative estimate of drug-likeness (QED) is 0.726. The van der Waals surface area contributed by atoms with Gasteiger partial charge in [0, 0.05) is 9.90 Å². The van der Waals surface area contributed by atoms with Gasteiger partial charge in [0.2, 0.25) is 0 Å². The molecule has 0 spiro atoms. The highest BCUT2D eigenvalue weighted by Gasteiger charge is 1.99. The molecule has 0 saturated carbocycles. The molecule has 76 valence electrons. The highest BCUT2D eigenvalue weighted by molar-refractivity contribution is 7.11. The van der Waals surface area contributed by atoms with E-state index >= 15 is 0 Å². The van der Waals surface area contributed by atoms with Crippen molar-refractivity contribution in [1.29, 1.82) is 0 Å². The average molecular weight is 235 g/mol. The summed E-state index contributed by atoms with van der Waals surface area (Å²) < 4.78 is 0. The minimum absolute atomic E-state index is 0.788. The highest BCUT2D eigenvalue weighted by atomic mass is 35.5. The van der Waals surface area contributed by atoms with Crippen LogP contribution in [0, 0.1) is 0 Å². The first-order valence-electron chi connectivity index (χ1n) is 4.72. The molecule has 2 rings (SSSR count). The maximum absolute atomic E-state index is 5.83. The van der Waals surface area contributed by atoms with Crippen molar-refractivity contribution in [2.75, 3.05) is 0 Å². The van der Waals surface area contributed by atoms with Crippen molar-refractivity contribution in [3.8, 4) is 0 Å². The molecule has 0 bridgehead atoms. The zero-order valence-electron chi connectivity index (χ0n) is 8.24. The second kappa shape index (κ2) is 4.65. The molecular weight excluding hydrogens is 224 g/mol. The van der Waals surface area contributed by atoms with E-state index in [9.17, 15) is 0 Å². The van der Waals surface area contributed by atoms with E-state index in [0.29, 0.717) is 0 Å². The van der Waals surface area contributed by atoms with Gasteiger partial charge in [0.05, 0.1) is 0 Å². The Morgan fingerprint density at radius 1 is 1.20 bits per heavy atom. The average Bonchev–Trinajstić information content (AvgIpc) is 2.69. The van der Waals surface area contributed by atoms with E-state index < -0.39 is 0 Å². The van der Waals surface area contributed by atoms with Crippen molar-refractivity contribution >= 4 is 29.0 Å². The van der Waals surface area contributed by atoms with Gasteiger partial charge in [-0.25, -0.2) is 0 Å².